The quantitative estimate of drug-likeness (QED) is 0.603. The Morgan fingerprint density at radius 2 is 1.59 bits per heavy atom. The van der Waals surface area contributed by atoms with Crippen molar-refractivity contribution in [2.24, 2.45) is 0 Å². The van der Waals surface area contributed by atoms with Crippen LogP contribution in [0.4, 0.5) is 4.79 Å². The van der Waals surface area contributed by atoms with E-state index in [0.29, 0.717) is 4.90 Å². The van der Waals surface area contributed by atoms with E-state index >= 15 is 0 Å². The van der Waals surface area contributed by atoms with E-state index in [1.807, 2.05) is 45.0 Å². The van der Waals surface area contributed by atoms with Gasteiger partial charge in [0.1, 0.15) is 6.54 Å². The van der Waals surface area contributed by atoms with Gasteiger partial charge in [-0.25, -0.2) is 9.69 Å². The van der Waals surface area contributed by atoms with Gasteiger partial charge in [0.05, 0.1) is 12.6 Å². The average molecular weight is 393 g/mol. The van der Waals surface area contributed by atoms with Crippen molar-refractivity contribution < 1.29 is 19.2 Å². The highest BCUT2D eigenvalue weighted by atomic mass is 16.2. The van der Waals surface area contributed by atoms with Crippen LogP contribution in [0, 0.1) is 13.8 Å². The summed E-state index contributed by atoms with van der Waals surface area (Å²) in [5.74, 6) is -2.42. The predicted octanol–water partition coefficient (Wildman–Crippen LogP) is 2.47. The van der Waals surface area contributed by atoms with E-state index < -0.39 is 30.3 Å². The normalized spacial score (nSPS) is 15.1. The minimum Gasteiger partial charge on any atom is -0.348 e. The van der Waals surface area contributed by atoms with Crippen LogP contribution in [0.3, 0.4) is 0 Å². The molecule has 7 heteroatoms. The molecule has 150 valence electrons. The van der Waals surface area contributed by atoms with Crippen molar-refractivity contribution in [2.45, 2.75) is 33.4 Å². The Bertz CT molecular complexity index is 971. The van der Waals surface area contributed by atoms with Crippen molar-refractivity contribution in [1.82, 2.24) is 15.1 Å². The molecule has 3 rings (SSSR count). The Balaban J connectivity index is 1.65. The van der Waals surface area contributed by atoms with Gasteiger partial charge in [0.2, 0.25) is 5.91 Å². The van der Waals surface area contributed by atoms with Crippen LogP contribution >= 0.6 is 0 Å². The fourth-order valence-electron chi connectivity index (χ4n) is 3.14. The first-order valence-corrected chi connectivity index (χ1v) is 9.35. The van der Waals surface area contributed by atoms with Crippen molar-refractivity contribution in [1.29, 1.82) is 0 Å². The summed E-state index contributed by atoms with van der Waals surface area (Å²) in [6, 6.07) is 13.7. The van der Waals surface area contributed by atoms with Gasteiger partial charge in [-0.2, -0.15) is 0 Å². The maximum Gasteiger partial charge on any atom is 0.335 e. The number of urea groups is 1. The molecule has 0 aromatic heterocycles. The molecule has 0 spiro atoms. The van der Waals surface area contributed by atoms with Crippen LogP contribution in [-0.2, 0) is 20.9 Å². The van der Waals surface area contributed by atoms with Crippen LogP contribution in [0.25, 0.3) is 0 Å². The van der Waals surface area contributed by atoms with Gasteiger partial charge in [0.25, 0.3) is 0 Å². The minimum absolute atomic E-state index is 0.0125. The highest BCUT2D eigenvalue weighted by Gasteiger charge is 2.45. The molecule has 2 aromatic rings. The van der Waals surface area contributed by atoms with Gasteiger partial charge in [-0.05, 0) is 43.0 Å². The number of nitrogens with zero attached hydrogens (tertiary/aromatic N) is 2. The largest absolute Gasteiger partial charge is 0.348 e. The summed E-state index contributed by atoms with van der Waals surface area (Å²) in [6.45, 7) is 5.31. The van der Waals surface area contributed by atoms with E-state index in [0.717, 1.165) is 27.2 Å². The van der Waals surface area contributed by atoms with Gasteiger partial charge >= 0.3 is 17.8 Å². The van der Waals surface area contributed by atoms with Crippen molar-refractivity contribution in [3.05, 3.63) is 70.8 Å². The smallest absolute Gasteiger partial charge is 0.335 e. The molecule has 0 aliphatic carbocycles. The Morgan fingerprint density at radius 3 is 2.24 bits per heavy atom. The molecule has 1 aliphatic rings. The number of hydrogen-bond acceptors (Lipinski definition) is 4. The molecule has 1 atom stereocenters. The van der Waals surface area contributed by atoms with Crippen molar-refractivity contribution >= 4 is 23.8 Å². The van der Waals surface area contributed by atoms with Crippen molar-refractivity contribution in [3.8, 4) is 0 Å². The molecular formula is C22H23N3O4. The number of rotatable bonds is 6. The third-order valence-corrected chi connectivity index (χ3v) is 5.03. The number of nitrogens with one attached hydrogen (secondary N) is 1. The standard InChI is InChI=1S/C22H23N3O4/c1-14-9-10-18(11-15(14)2)16(3)23-19(26)13-25-21(28)20(27)24(22(25)29)12-17-7-5-4-6-8-17/h4-11,16H,12-13H2,1-3H3,(H,23,26). The van der Waals surface area contributed by atoms with E-state index in [2.05, 4.69) is 5.32 Å². The van der Waals surface area contributed by atoms with Crippen LogP contribution in [0.2, 0.25) is 0 Å². The lowest BCUT2D eigenvalue weighted by Crippen LogP contribution is -2.42. The lowest BCUT2D eigenvalue weighted by molar-refractivity contribution is -0.144. The monoisotopic (exact) mass is 393 g/mol. The molecule has 1 aliphatic heterocycles. The van der Waals surface area contributed by atoms with Gasteiger partial charge in [-0.1, -0.05) is 48.5 Å². The summed E-state index contributed by atoms with van der Waals surface area (Å²) in [5, 5.41) is 2.78. The third-order valence-electron chi connectivity index (χ3n) is 5.03. The van der Waals surface area contributed by atoms with Gasteiger partial charge in [0, 0.05) is 0 Å². The lowest BCUT2D eigenvalue weighted by atomic mass is 10.0. The second-order valence-electron chi connectivity index (χ2n) is 7.18. The van der Waals surface area contributed by atoms with Crippen LogP contribution in [-0.4, -0.2) is 40.1 Å². The molecule has 2 aromatic carbocycles. The number of carbonyl (C=O) groups is 4. The number of hydrogen-bond donors (Lipinski definition) is 1. The third kappa shape index (κ3) is 4.34. The fraction of sp³-hybridized carbons (Fsp3) is 0.273. The number of aryl methyl sites for hydroxylation is 2. The Kier molecular flexibility index (Phi) is 5.77. The van der Waals surface area contributed by atoms with Crippen LogP contribution < -0.4 is 5.32 Å². The highest BCUT2D eigenvalue weighted by molar-refractivity contribution is 6.44. The number of carbonyl (C=O) groups excluding carboxylic acids is 4. The molecule has 29 heavy (non-hydrogen) atoms. The van der Waals surface area contributed by atoms with Crippen molar-refractivity contribution in [3.63, 3.8) is 0 Å². The Labute approximate surface area is 169 Å². The molecule has 1 N–H and O–H groups in total. The summed E-state index contributed by atoms with van der Waals surface area (Å²) >= 11 is 0. The Morgan fingerprint density at radius 1 is 0.931 bits per heavy atom. The van der Waals surface area contributed by atoms with Crippen LogP contribution in [0.5, 0.6) is 0 Å². The van der Waals surface area contributed by atoms with Crippen molar-refractivity contribution in [2.75, 3.05) is 6.54 Å². The van der Waals surface area contributed by atoms with Crippen LogP contribution in [0.15, 0.2) is 48.5 Å². The first-order valence-electron chi connectivity index (χ1n) is 9.35. The van der Waals surface area contributed by atoms with E-state index in [9.17, 15) is 19.2 Å². The predicted molar refractivity (Wildman–Crippen MR) is 107 cm³/mol. The molecule has 1 heterocycles. The number of imide groups is 2. The maximum absolute atomic E-state index is 12.5. The number of amides is 5. The summed E-state index contributed by atoms with van der Waals surface area (Å²) in [5.41, 5.74) is 3.90. The molecule has 5 amide bonds. The van der Waals surface area contributed by atoms with Crippen LogP contribution in [0.1, 0.15) is 35.2 Å². The van der Waals surface area contributed by atoms with E-state index in [1.165, 1.54) is 0 Å². The lowest BCUT2D eigenvalue weighted by Gasteiger charge is -2.18. The molecule has 1 saturated heterocycles. The minimum atomic E-state index is -0.986. The molecule has 0 bridgehead atoms. The van der Waals surface area contributed by atoms with Gasteiger partial charge in [-0.3, -0.25) is 19.3 Å². The second-order valence-corrected chi connectivity index (χ2v) is 7.18. The van der Waals surface area contributed by atoms with E-state index in [-0.39, 0.29) is 12.6 Å². The van der Waals surface area contributed by atoms with Gasteiger partial charge in [0.15, 0.2) is 0 Å². The summed E-state index contributed by atoms with van der Waals surface area (Å²) < 4.78 is 0. The fourth-order valence-corrected chi connectivity index (χ4v) is 3.14. The molecule has 0 saturated carbocycles. The first-order chi connectivity index (χ1) is 13.8. The SMILES string of the molecule is Cc1ccc(C(C)NC(=O)CN2C(=O)C(=O)N(Cc3ccccc3)C2=O)cc1C. The molecule has 7 nitrogen and oxygen atoms in total. The zero-order valence-corrected chi connectivity index (χ0v) is 16.6. The second kappa shape index (κ2) is 8.26. The van der Waals surface area contributed by atoms with E-state index in [1.54, 1.807) is 24.3 Å². The topological polar surface area (TPSA) is 86.8 Å². The Hall–Kier alpha value is -3.48. The van der Waals surface area contributed by atoms with Gasteiger partial charge in [-0.15, -0.1) is 0 Å². The zero-order chi connectivity index (χ0) is 21.1. The molecular weight excluding hydrogens is 370 g/mol. The molecule has 1 unspecified atom stereocenters. The highest BCUT2D eigenvalue weighted by Crippen LogP contribution is 2.18. The summed E-state index contributed by atoms with van der Waals surface area (Å²) in [4.78, 5) is 50.9. The first kappa shape index (κ1) is 20.3. The average Bonchev–Trinajstić information content (AvgIpc) is 2.89. The number of benzene rings is 2. The molecule has 0 radical (unpaired) electrons. The zero-order valence-electron chi connectivity index (χ0n) is 16.6. The molecule has 1 fully saturated rings. The van der Waals surface area contributed by atoms with Gasteiger partial charge < -0.3 is 5.32 Å². The maximum atomic E-state index is 12.5. The summed E-state index contributed by atoms with van der Waals surface area (Å²) in [6.07, 6.45) is 0. The summed E-state index contributed by atoms with van der Waals surface area (Å²) in [7, 11) is 0. The van der Waals surface area contributed by atoms with E-state index in [4.69, 9.17) is 0 Å².